The molecule has 0 amide bonds. The molecule has 19 heavy (non-hydrogen) atoms. The van der Waals surface area contributed by atoms with E-state index in [-0.39, 0.29) is 0 Å². The summed E-state index contributed by atoms with van der Waals surface area (Å²) in [7, 11) is 0. The molecule has 2 aromatic rings. The smallest absolute Gasteiger partial charge is 0.0320 e. The normalized spacial score (nSPS) is 12.3. The molecule has 1 heterocycles. The first-order valence-electron chi connectivity index (χ1n) is 7.07. The van der Waals surface area contributed by atoms with Gasteiger partial charge in [-0.2, -0.15) is 0 Å². The van der Waals surface area contributed by atoms with Crippen molar-refractivity contribution in [2.24, 2.45) is 0 Å². The van der Waals surface area contributed by atoms with Gasteiger partial charge in [0.05, 0.1) is 0 Å². The summed E-state index contributed by atoms with van der Waals surface area (Å²) in [5.74, 6) is 0. The lowest BCUT2D eigenvalue weighted by atomic mass is 10.0. The van der Waals surface area contributed by atoms with Crippen molar-refractivity contribution in [1.29, 1.82) is 0 Å². The first-order valence-corrected chi connectivity index (χ1v) is 7.07. The minimum absolute atomic E-state index is 0.461. The molecule has 1 aromatic carbocycles. The highest BCUT2D eigenvalue weighted by Gasteiger charge is 2.08. The average molecular weight is 254 g/mol. The molecule has 0 aliphatic carbocycles. The van der Waals surface area contributed by atoms with Crippen LogP contribution in [0.5, 0.6) is 0 Å². The van der Waals surface area contributed by atoms with Crippen molar-refractivity contribution in [3.05, 3.63) is 66.0 Å². The zero-order valence-corrected chi connectivity index (χ0v) is 11.5. The standard InChI is InChI=1S/C17H22N2/c1-2-7-17(16-9-4-3-5-10-16)19-13-11-15-8-6-12-18-14-15/h3-6,8-10,12,14,17,19H,2,7,11,13H2,1H3. The highest BCUT2D eigenvalue weighted by molar-refractivity contribution is 5.19. The Balaban J connectivity index is 1.87. The maximum Gasteiger partial charge on any atom is 0.0320 e. The molecule has 0 aliphatic rings. The van der Waals surface area contributed by atoms with E-state index in [2.05, 4.69) is 53.6 Å². The van der Waals surface area contributed by atoms with Gasteiger partial charge in [-0.3, -0.25) is 4.98 Å². The maximum absolute atomic E-state index is 4.15. The van der Waals surface area contributed by atoms with E-state index in [4.69, 9.17) is 0 Å². The largest absolute Gasteiger partial charge is 0.310 e. The molecule has 0 fully saturated rings. The van der Waals surface area contributed by atoms with Crippen molar-refractivity contribution in [2.45, 2.75) is 32.2 Å². The summed E-state index contributed by atoms with van der Waals surface area (Å²) in [5, 5.41) is 3.66. The molecule has 1 aromatic heterocycles. The maximum atomic E-state index is 4.15. The van der Waals surface area contributed by atoms with Gasteiger partial charge in [0.15, 0.2) is 0 Å². The number of nitrogens with one attached hydrogen (secondary N) is 1. The zero-order valence-electron chi connectivity index (χ0n) is 11.5. The van der Waals surface area contributed by atoms with Gasteiger partial charge in [0, 0.05) is 18.4 Å². The highest BCUT2D eigenvalue weighted by atomic mass is 14.9. The molecule has 0 radical (unpaired) electrons. The number of nitrogens with zero attached hydrogens (tertiary/aromatic N) is 1. The SMILES string of the molecule is CCCC(NCCc1cccnc1)c1ccccc1. The molecule has 2 heteroatoms. The number of hydrogen-bond donors (Lipinski definition) is 1. The lowest BCUT2D eigenvalue weighted by Crippen LogP contribution is -2.23. The number of aromatic nitrogens is 1. The van der Waals surface area contributed by atoms with E-state index in [9.17, 15) is 0 Å². The summed E-state index contributed by atoms with van der Waals surface area (Å²) >= 11 is 0. The fourth-order valence-electron chi connectivity index (χ4n) is 2.30. The van der Waals surface area contributed by atoms with Crippen LogP contribution in [-0.4, -0.2) is 11.5 Å². The average Bonchev–Trinajstić information content (AvgIpc) is 2.48. The van der Waals surface area contributed by atoms with Crippen molar-refractivity contribution in [2.75, 3.05) is 6.54 Å². The quantitative estimate of drug-likeness (QED) is 0.814. The summed E-state index contributed by atoms with van der Waals surface area (Å²) in [6.07, 6.45) is 7.16. The Morgan fingerprint density at radius 1 is 1.11 bits per heavy atom. The number of hydrogen-bond acceptors (Lipinski definition) is 2. The highest BCUT2D eigenvalue weighted by Crippen LogP contribution is 2.17. The van der Waals surface area contributed by atoms with Crippen molar-refractivity contribution in [3.8, 4) is 0 Å². The van der Waals surface area contributed by atoms with Crippen LogP contribution in [-0.2, 0) is 6.42 Å². The van der Waals surface area contributed by atoms with E-state index < -0.39 is 0 Å². The lowest BCUT2D eigenvalue weighted by Gasteiger charge is -2.18. The first-order chi connectivity index (χ1) is 9.40. The molecule has 0 aliphatic heterocycles. The second kappa shape index (κ2) is 7.70. The van der Waals surface area contributed by atoms with Crippen LogP contribution in [0.25, 0.3) is 0 Å². The zero-order chi connectivity index (χ0) is 13.3. The summed E-state index contributed by atoms with van der Waals surface area (Å²) in [5.41, 5.74) is 2.67. The fraction of sp³-hybridized carbons (Fsp3) is 0.353. The summed E-state index contributed by atoms with van der Waals surface area (Å²) < 4.78 is 0. The molecule has 0 bridgehead atoms. The molecule has 2 rings (SSSR count). The lowest BCUT2D eigenvalue weighted by molar-refractivity contribution is 0.497. The van der Waals surface area contributed by atoms with Crippen LogP contribution in [0.3, 0.4) is 0 Å². The molecule has 1 N–H and O–H groups in total. The van der Waals surface area contributed by atoms with Crippen LogP contribution in [0, 0.1) is 0 Å². The van der Waals surface area contributed by atoms with Gasteiger partial charge in [-0.1, -0.05) is 49.7 Å². The number of benzene rings is 1. The van der Waals surface area contributed by atoms with Crippen LogP contribution >= 0.6 is 0 Å². The molecule has 1 unspecified atom stereocenters. The van der Waals surface area contributed by atoms with E-state index in [1.54, 1.807) is 0 Å². The Morgan fingerprint density at radius 3 is 2.63 bits per heavy atom. The van der Waals surface area contributed by atoms with E-state index in [0.29, 0.717) is 6.04 Å². The van der Waals surface area contributed by atoms with Crippen molar-refractivity contribution in [1.82, 2.24) is 10.3 Å². The van der Waals surface area contributed by atoms with Gasteiger partial charge in [0.1, 0.15) is 0 Å². The van der Waals surface area contributed by atoms with Crippen LogP contribution in [0.4, 0.5) is 0 Å². The third kappa shape index (κ3) is 4.49. The number of pyridine rings is 1. The molecular formula is C17H22N2. The summed E-state index contributed by atoms with van der Waals surface area (Å²) in [6, 6.07) is 15.3. The van der Waals surface area contributed by atoms with Crippen LogP contribution in [0.15, 0.2) is 54.9 Å². The summed E-state index contributed by atoms with van der Waals surface area (Å²) in [6.45, 7) is 3.23. The Morgan fingerprint density at radius 2 is 1.95 bits per heavy atom. The molecule has 0 saturated carbocycles. The van der Waals surface area contributed by atoms with E-state index in [1.807, 2.05) is 18.5 Å². The third-order valence-electron chi connectivity index (χ3n) is 3.31. The van der Waals surface area contributed by atoms with Gasteiger partial charge in [-0.25, -0.2) is 0 Å². The van der Waals surface area contributed by atoms with Gasteiger partial charge in [-0.15, -0.1) is 0 Å². The van der Waals surface area contributed by atoms with Gasteiger partial charge < -0.3 is 5.32 Å². The Hall–Kier alpha value is -1.67. The monoisotopic (exact) mass is 254 g/mol. The Labute approximate surface area is 115 Å². The Kier molecular flexibility index (Phi) is 5.57. The summed E-state index contributed by atoms with van der Waals surface area (Å²) in [4.78, 5) is 4.15. The topological polar surface area (TPSA) is 24.9 Å². The van der Waals surface area contributed by atoms with Crippen molar-refractivity contribution in [3.63, 3.8) is 0 Å². The first kappa shape index (κ1) is 13.8. The minimum atomic E-state index is 0.461. The van der Waals surface area contributed by atoms with Gasteiger partial charge in [-0.05, 0) is 36.6 Å². The van der Waals surface area contributed by atoms with Crippen LogP contribution in [0.1, 0.15) is 36.9 Å². The van der Waals surface area contributed by atoms with E-state index in [1.165, 1.54) is 24.0 Å². The predicted molar refractivity (Wildman–Crippen MR) is 80.0 cm³/mol. The van der Waals surface area contributed by atoms with E-state index >= 15 is 0 Å². The van der Waals surface area contributed by atoms with Gasteiger partial charge >= 0.3 is 0 Å². The van der Waals surface area contributed by atoms with Crippen molar-refractivity contribution < 1.29 is 0 Å². The van der Waals surface area contributed by atoms with Crippen LogP contribution in [0.2, 0.25) is 0 Å². The molecule has 2 nitrogen and oxygen atoms in total. The molecule has 1 atom stereocenters. The second-order valence-electron chi connectivity index (χ2n) is 4.82. The second-order valence-corrected chi connectivity index (χ2v) is 4.82. The molecule has 100 valence electrons. The molecular weight excluding hydrogens is 232 g/mol. The third-order valence-corrected chi connectivity index (χ3v) is 3.31. The fourth-order valence-corrected chi connectivity index (χ4v) is 2.30. The van der Waals surface area contributed by atoms with Gasteiger partial charge in [0.25, 0.3) is 0 Å². The van der Waals surface area contributed by atoms with E-state index in [0.717, 1.165) is 13.0 Å². The number of rotatable bonds is 7. The molecule has 0 saturated heterocycles. The predicted octanol–water partition coefficient (Wildman–Crippen LogP) is 3.76. The van der Waals surface area contributed by atoms with Crippen LogP contribution < -0.4 is 5.32 Å². The Bertz CT molecular complexity index is 453. The van der Waals surface area contributed by atoms with Crippen molar-refractivity contribution >= 4 is 0 Å². The molecule has 0 spiro atoms. The van der Waals surface area contributed by atoms with Gasteiger partial charge in [0.2, 0.25) is 0 Å². The minimum Gasteiger partial charge on any atom is -0.310 e.